The fraction of sp³-hybridized carbons (Fsp3) is 0.714. The van der Waals surface area contributed by atoms with E-state index in [0.717, 1.165) is 16.5 Å². The summed E-state index contributed by atoms with van der Waals surface area (Å²) in [6, 6.07) is 5.10. The smallest absolute Gasteiger partial charge is 0.467 e. The molecule has 3 rings (SSSR count). The van der Waals surface area contributed by atoms with E-state index in [1.807, 2.05) is 73.6 Å². The van der Waals surface area contributed by atoms with E-state index in [1.165, 1.54) is 7.11 Å². The van der Waals surface area contributed by atoms with Crippen molar-refractivity contribution in [3.05, 3.63) is 23.8 Å². The molecule has 11 heteroatoms. The fourth-order valence-electron chi connectivity index (χ4n) is 4.27. The van der Waals surface area contributed by atoms with Crippen LogP contribution in [0.3, 0.4) is 0 Å². The zero-order valence-electron chi connectivity index (χ0n) is 25.6. The number of esters is 1. The normalized spacial score (nSPS) is 21.9. The second kappa shape index (κ2) is 10.7. The quantitative estimate of drug-likeness (QED) is 0.412. The van der Waals surface area contributed by atoms with Crippen molar-refractivity contribution in [3.8, 4) is 0 Å². The van der Waals surface area contributed by atoms with E-state index in [9.17, 15) is 9.59 Å². The molecule has 1 N–H and O–H groups in total. The number of benzene rings is 1. The Morgan fingerprint density at radius 2 is 1.23 bits per heavy atom. The summed E-state index contributed by atoms with van der Waals surface area (Å²) in [4.78, 5) is 24.9. The van der Waals surface area contributed by atoms with E-state index >= 15 is 0 Å². The van der Waals surface area contributed by atoms with Crippen molar-refractivity contribution in [2.45, 2.75) is 123 Å². The van der Waals surface area contributed by atoms with Crippen LogP contribution in [0, 0.1) is 0 Å². The van der Waals surface area contributed by atoms with E-state index < -0.39 is 60.3 Å². The zero-order valence-corrected chi connectivity index (χ0v) is 25.6. The maximum absolute atomic E-state index is 12.5. The molecule has 39 heavy (non-hydrogen) atoms. The Bertz CT molecular complexity index is 994. The summed E-state index contributed by atoms with van der Waals surface area (Å²) >= 11 is 0. The van der Waals surface area contributed by atoms with E-state index in [1.54, 1.807) is 20.8 Å². The summed E-state index contributed by atoms with van der Waals surface area (Å²) in [5.74, 6) is -0.547. The van der Waals surface area contributed by atoms with Crippen LogP contribution in [-0.4, -0.2) is 67.5 Å². The van der Waals surface area contributed by atoms with Crippen LogP contribution in [0.1, 0.15) is 88.1 Å². The van der Waals surface area contributed by atoms with Gasteiger partial charge in [-0.2, -0.15) is 0 Å². The van der Waals surface area contributed by atoms with Crippen LogP contribution in [0.5, 0.6) is 0 Å². The predicted molar refractivity (Wildman–Crippen MR) is 151 cm³/mol. The van der Waals surface area contributed by atoms with Crippen molar-refractivity contribution >= 4 is 37.2 Å². The fourth-order valence-corrected chi connectivity index (χ4v) is 4.27. The lowest BCUT2D eigenvalue weighted by atomic mass is 9.70. The van der Waals surface area contributed by atoms with Crippen LogP contribution in [0.15, 0.2) is 18.2 Å². The van der Waals surface area contributed by atoms with Gasteiger partial charge < -0.3 is 33.4 Å². The summed E-state index contributed by atoms with van der Waals surface area (Å²) in [6.07, 6.45) is 0.0681. The number of amides is 1. The molecule has 1 aromatic carbocycles. The number of hydrogen-bond donors (Lipinski definition) is 1. The third kappa shape index (κ3) is 7.17. The first kappa shape index (κ1) is 31.5. The number of aryl methyl sites for hydroxylation is 1. The third-order valence-corrected chi connectivity index (χ3v) is 7.99. The molecule has 2 heterocycles. The molecular formula is C28H45B2NO8. The minimum Gasteiger partial charge on any atom is -0.467 e. The van der Waals surface area contributed by atoms with Gasteiger partial charge in [-0.05, 0) is 105 Å². The van der Waals surface area contributed by atoms with Gasteiger partial charge >= 0.3 is 26.3 Å². The standard InChI is InChI=1S/C28H45B2NO8/c1-24(2,3)35-23(33)31-21(22(32)34-12)14-13-18-15-19(29-36-25(4,5)26(6,7)37-29)17-20(16-18)30-38-27(8,9)28(10,11)39-30/h15-17,21H,13-14H2,1-12H3,(H,31,33)/t21-/m0/s1. The molecule has 9 nitrogen and oxygen atoms in total. The summed E-state index contributed by atoms with van der Waals surface area (Å²) < 4.78 is 35.6. The summed E-state index contributed by atoms with van der Waals surface area (Å²) in [7, 11) is 0.112. The molecule has 2 aliphatic heterocycles. The van der Waals surface area contributed by atoms with Crippen molar-refractivity contribution in [2.24, 2.45) is 0 Å². The number of carbonyl (C=O) groups is 2. The van der Waals surface area contributed by atoms with Gasteiger partial charge in [-0.1, -0.05) is 18.2 Å². The first-order chi connectivity index (χ1) is 17.7. The van der Waals surface area contributed by atoms with Crippen molar-refractivity contribution in [2.75, 3.05) is 7.11 Å². The van der Waals surface area contributed by atoms with Gasteiger partial charge in [0.15, 0.2) is 0 Å². The van der Waals surface area contributed by atoms with Crippen molar-refractivity contribution in [1.82, 2.24) is 5.32 Å². The Hall–Kier alpha value is -2.07. The van der Waals surface area contributed by atoms with Crippen LogP contribution in [0.2, 0.25) is 0 Å². The second-order valence-corrected chi connectivity index (χ2v) is 13.4. The highest BCUT2D eigenvalue weighted by Gasteiger charge is 2.54. The average Bonchev–Trinajstić information content (AvgIpc) is 3.14. The van der Waals surface area contributed by atoms with Gasteiger partial charge in [0.25, 0.3) is 0 Å². The maximum Gasteiger partial charge on any atom is 0.494 e. The Labute approximate surface area is 234 Å². The van der Waals surface area contributed by atoms with Crippen LogP contribution >= 0.6 is 0 Å². The molecule has 0 radical (unpaired) electrons. The second-order valence-electron chi connectivity index (χ2n) is 13.4. The highest BCUT2D eigenvalue weighted by atomic mass is 16.7. The molecule has 0 spiro atoms. The number of rotatable bonds is 7. The molecule has 0 bridgehead atoms. The van der Waals surface area contributed by atoms with Gasteiger partial charge in [0.05, 0.1) is 29.5 Å². The molecule has 0 saturated carbocycles. The highest BCUT2D eigenvalue weighted by molar-refractivity contribution is 6.66. The predicted octanol–water partition coefficient (Wildman–Crippen LogP) is 3.28. The van der Waals surface area contributed by atoms with E-state index in [4.69, 9.17) is 28.1 Å². The Balaban J connectivity index is 1.91. The van der Waals surface area contributed by atoms with Crippen molar-refractivity contribution in [1.29, 1.82) is 0 Å². The van der Waals surface area contributed by atoms with Gasteiger partial charge in [0.1, 0.15) is 11.6 Å². The molecular weight excluding hydrogens is 500 g/mol. The number of alkyl carbamates (subject to hydrolysis) is 1. The monoisotopic (exact) mass is 545 g/mol. The molecule has 216 valence electrons. The van der Waals surface area contributed by atoms with Crippen LogP contribution in [0.25, 0.3) is 0 Å². The number of ether oxygens (including phenoxy) is 2. The molecule has 0 aliphatic carbocycles. The molecule has 2 fully saturated rings. The Kier molecular flexibility index (Phi) is 8.65. The first-order valence-corrected chi connectivity index (χ1v) is 13.6. The lowest BCUT2D eigenvalue weighted by Crippen LogP contribution is -2.44. The average molecular weight is 545 g/mol. The molecule has 1 aromatic rings. The number of hydrogen-bond acceptors (Lipinski definition) is 8. The number of carbonyl (C=O) groups excluding carboxylic acids is 2. The lowest BCUT2D eigenvalue weighted by molar-refractivity contribution is -0.143. The molecule has 1 amide bonds. The van der Waals surface area contributed by atoms with Gasteiger partial charge in [-0.15, -0.1) is 0 Å². The van der Waals surface area contributed by atoms with Gasteiger partial charge in [0, 0.05) is 0 Å². The third-order valence-electron chi connectivity index (χ3n) is 7.99. The zero-order chi connectivity index (χ0) is 29.6. The summed E-state index contributed by atoms with van der Waals surface area (Å²) in [6.45, 7) is 21.4. The number of nitrogens with one attached hydrogen (secondary N) is 1. The van der Waals surface area contributed by atoms with E-state index in [2.05, 4.69) is 5.32 Å². The van der Waals surface area contributed by atoms with Crippen LogP contribution in [-0.2, 0) is 39.3 Å². The Morgan fingerprint density at radius 1 is 0.821 bits per heavy atom. The largest absolute Gasteiger partial charge is 0.494 e. The minimum absolute atomic E-state index is 0.293. The highest BCUT2D eigenvalue weighted by Crippen LogP contribution is 2.38. The van der Waals surface area contributed by atoms with Gasteiger partial charge in [-0.3, -0.25) is 0 Å². The minimum atomic E-state index is -0.884. The molecule has 2 aliphatic rings. The molecule has 2 saturated heterocycles. The summed E-state index contributed by atoms with van der Waals surface area (Å²) in [5.41, 5.74) is -0.170. The molecule has 1 atom stereocenters. The van der Waals surface area contributed by atoms with Gasteiger partial charge in [-0.25, -0.2) is 9.59 Å². The summed E-state index contributed by atoms with van der Waals surface area (Å²) in [5, 5.41) is 2.64. The number of methoxy groups -OCH3 is 1. The molecule has 0 aromatic heterocycles. The van der Waals surface area contributed by atoms with Crippen LogP contribution in [0.4, 0.5) is 4.79 Å². The topological polar surface area (TPSA) is 102 Å². The van der Waals surface area contributed by atoms with Gasteiger partial charge in [0.2, 0.25) is 0 Å². The lowest BCUT2D eigenvalue weighted by Gasteiger charge is -2.32. The first-order valence-electron chi connectivity index (χ1n) is 13.6. The molecule has 0 unspecified atom stereocenters. The van der Waals surface area contributed by atoms with Crippen molar-refractivity contribution < 1.29 is 37.7 Å². The van der Waals surface area contributed by atoms with Crippen LogP contribution < -0.4 is 16.2 Å². The van der Waals surface area contributed by atoms with E-state index in [0.29, 0.717) is 12.8 Å². The Morgan fingerprint density at radius 3 is 1.59 bits per heavy atom. The maximum atomic E-state index is 12.5. The SMILES string of the molecule is COC(=O)[C@H](CCc1cc(B2OC(C)(C)C(C)(C)O2)cc(B2OC(C)(C)C(C)(C)O2)c1)NC(=O)OC(C)(C)C. The van der Waals surface area contributed by atoms with E-state index in [-0.39, 0.29) is 0 Å². The van der Waals surface area contributed by atoms with Crippen molar-refractivity contribution in [3.63, 3.8) is 0 Å².